The van der Waals surface area contributed by atoms with E-state index in [2.05, 4.69) is 61.2 Å². The fourth-order valence-corrected chi connectivity index (χ4v) is 6.46. The molecule has 3 aliphatic heterocycles. The number of fused-ring (bicyclic) bond motifs is 2. The Bertz CT molecular complexity index is 1380. The van der Waals surface area contributed by atoms with E-state index in [-0.39, 0.29) is 12.2 Å². The summed E-state index contributed by atoms with van der Waals surface area (Å²) < 4.78 is 6.42. The van der Waals surface area contributed by atoms with Crippen molar-refractivity contribution in [1.82, 2.24) is 20.2 Å². The molecule has 4 aliphatic rings. The zero-order valence-corrected chi connectivity index (χ0v) is 21.4. The van der Waals surface area contributed by atoms with E-state index in [1.165, 1.54) is 29.7 Å². The van der Waals surface area contributed by atoms with Crippen LogP contribution in [0.25, 0.3) is 11.0 Å². The van der Waals surface area contributed by atoms with Crippen molar-refractivity contribution in [2.75, 3.05) is 49.1 Å². The third-order valence-electron chi connectivity index (χ3n) is 8.42. The number of anilines is 2. The fraction of sp³-hybridized carbons (Fsp3) is 0.483. The summed E-state index contributed by atoms with van der Waals surface area (Å²) >= 11 is 0. The Balaban J connectivity index is 1.05. The fourth-order valence-electron chi connectivity index (χ4n) is 6.46. The smallest absolute Gasteiger partial charge is 0.113 e. The molecule has 3 aromatic rings. The molecule has 8 nitrogen and oxygen atoms in total. The summed E-state index contributed by atoms with van der Waals surface area (Å²) in [5, 5.41) is 13.2. The van der Waals surface area contributed by atoms with Crippen LogP contribution in [-0.4, -0.2) is 71.9 Å². The maximum absolute atomic E-state index is 9.51. The molecule has 7 rings (SSSR count). The van der Waals surface area contributed by atoms with Crippen LogP contribution in [0.3, 0.4) is 0 Å². The lowest BCUT2D eigenvalue weighted by Gasteiger charge is -2.39. The molecule has 2 aromatic carbocycles. The lowest BCUT2D eigenvalue weighted by molar-refractivity contribution is -0.0329. The van der Waals surface area contributed by atoms with Crippen LogP contribution in [0.2, 0.25) is 0 Å². The molecule has 1 aliphatic carbocycles. The van der Waals surface area contributed by atoms with Crippen LogP contribution in [0, 0.1) is 11.3 Å². The zero-order chi connectivity index (χ0) is 25.0. The van der Waals surface area contributed by atoms with Crippen LogP contribution in [0.1, 0.15) is 36.5 Å². The number of rotatable bonds is 4. The molecule has 8 heteroatoms. The van der Waals surface area contributed by atoms with E-state index in [4.69, 9.17) is 4.74 Å². The Morgan fingerprint density at radius 1 is 1.05 bits per heavy atom. The molecule has 2 unspecified atom stereocenters. The van der Waals surface area contributed by atoms with Gasteiger partial charge in [-0.1, -0.05) is 6.07 Å². The Morgan fingerprint density at radius 2 is 1.89 bits per heavy atom. The van der Waals surface area contributed by atoms with E-state index in [0.717, 1.165) is 63.6 Å². The van der Waals surface area contributed by atoms with E-state index in [9.17, 15) is 5.26 Å². The summed E-state index contributed by atoms with van der Waals surface area (Å²) in [4.78, 5) is 16.5. The molecule has 0 radical (unpaired) electrons. The van der Waals surface area contributed by atoms with Crippen molar-refractivity contribution in [2.45, 2.75) is 50.6 Å². The minimum absolute atomic E-state index is 0.0998. The maximum atomic E-state index is 9.51. The van der Waals surface area contributed by atoms with Crippen LogP contribution < -0.4 is 15.1 Å². The average Bonchev–Trinajstić information content (AvgIpc) is 3.52. The van der Waals surface area contributed by atoms with Crippen LogP contribution in [0.15, 0.2) is 42.7 Å². The third kappa shape index (κ3) is 4.31. The van der Waals surface area contributed by atoms with Crippen molar-refractivity contribution < 1.29 is 4.74 Å². The number of aromatic nitrogens is 2. The SMILES string of the molecule is CC1CN(c2ccc(C#N)c3nccnc23)CC(CN2Cc3ccc(N4CCNC5(CC5)C4)cc3C2)O1. The number of piperazine rings is 1. The number of benzene rings is 2. The lowest BCUT2D eigenvalue weighted by Crippen LogP contribution is -2.52. The Morgan fingerprint density at radius 3 is 2.73 bits per heavy atom. The number of nitrogens with one attached hydrogen (secondary N) is 1. The van der Waals surface area contributed by atoms with E-state index >= 15 is 0 Å². The van der Waals surface area contributed by atoms with Crippen molar-refractivity contribution in [3.05, 3.63) is 59.4 Å². The summed E-state index contributed by atoms with van der Waals surface area (Å²) in [6.45, 7) is 9.86. The number of hydrogen-bond acceptors (Lipinski definition) is 8. The normalized spacial score (nSPS) is 24.9. The van der Waals surface area contributed by atoms with Crippen LogP contribution in [-0.2, 0) is 17.8 Å². The van der Waals surface area contributed by atoms with Crippen molar-refractivity contribution >= 4 is 22.4 Å². The first kappa shape index (κ1) is 22.9. The highest BCUT2D eigenvalue weighted by molar-refractivity contribution is 5.92. The van der Waals surface area contributed by atoms with Gasteiger partial charge in [-0.05, 0) is 55.2 Å². The molecule has 1 spiro atoms. The maximum Gasteiger partial charge on any atom is 0.113 e. The van der Waals surface area contributed by atoms with Gasteiger partial charge in [0.2, 0.25) is 0 Å². The minimum Gasteiger partial charge on any atom is -0.370 e. The van der Waals surface area contributed by atoms with E-state index in [0.29, 0.717) is 16.6 Å². The van der Waals surface area contributed by atoms with Gasteiger partial charge < -0.3 is 19.9 Å². The van der Waals surface area contributed by atoms with Crippen molar-refractivity contribution in [2.24, 2.45) is 0 Å². The lowest BCUT2D eigenvalue weighted by atomic mass is 10.1. The third-order valence-corrected chi connectivity index (χ3v) is 8.42. The number of nitriles is 1. The first-order valence-electron chi connectivity index (χ1n) is 13.5. The second-order valence-corrected chi connectivity index (χ2v) is 11.2. The molecule has 190 valence electrons. The molecular formula is C29H33N7O. The number of hydrogen-bond donors (Lipinski definition) is 1. The topological polar surface area (TPSA) is 80.6 Å². The van der Waals surface area contributed by atoms with Gasteiger partial charge in [0.25, 0.3) is 0 Å². The second-order valence-electron chi connectivity index (χ2n) is 11.2. The number of morpholine rings is 1. The van der Waals surface area contributed by atoms with Gasteiger partial charge in [0.15, 0.2) is 0 Å². The van der Waals surface area contributed by atoms with Gasteiger partial charge in [-0.15, -0.1) is 0 Å². The van der Waals surface area contributed by atoms with Gasteiger partial charge in [-0.3, -0.25) is 14.9 Å². The van der Waals surface area contributed by atoms with Gasteiger partial charge >= 0.3 is 0 Å². The van der Waals surface area contributed by atoms with Crippen LogP contribution in [0.5, 0.6) is 0 Å². The van der Waals surface area contributed by atoms with Gasteiger partial charge in [0.1, 0.15) is 17.1 Å². The molecule has 3 fully saturated rings. The first-order valence-corrected chi connectivity index (χ1v) is 13.5. The highest BCUT2D eigenvalue weighted by Gasteiger charge is 2.45. The Kier molecular flexibility index (Phi) is 5.54. The zero-order valence-electron chi connectivity index (χ0n) is 21.4. The predicted octanol–water partition coefficient (Wildman–Crippen LogP) is 3.05. The Labute approximate surface area is 217 Å². The van der Waals surface area contributed by atoms with Gasteiger partial charge in [0.05, 0.1) is 23.5 Å². The summed E-state index contributed by atoms with van der Waals surface area (Å²) in [5.41, 5.74) is 7.70. The molecular weight excluding hydrogens is 462 g/mol. The van der Waals surface area contributed by atoms with E-state index in [1.807, 2.05) is 12.1 Å². The number of ether oxygens (including phenoxy) is 1. The quantitative estimate of drug-likeness (QED) is 0.592. The molecule has 1 N–H and O–H groups in total. The molecule has 0 bridgehead atoms. The predicted molar refractivity (Wildman–Crippen MR) is 144 cm³/mol. The van der Waals surface area contributed by atoms with Crippen LogP contribution in [0.4, 0.5) is 11.4 Å². The minimum atomic E-state index is 0.0998. The molecule has 2 atom stereocenters. The summed E-state index contributed by atoms with van der Waals surface area (Å²) in [6.07, 6.45) is 6.19. The summed E-state index contributed by atoms with van der Waals surface area (Å²) in [6, 6.07) is 13.2. The molecule has 37 heavy (non-hydrogen) atoms. The molecule has 2 saturated heterocycles. The standard InChI is InChI=1S/C29H33N7O/c1-20-14-36(26-5-3-21(13-30)27-28(26)32-9-8-31-27)18-25(37-20)17-34-15-22-2-4-24(12-23(22)16-34)35-11-10-33-29(19-35)6-7-29/h2-5,8-9,12,20,25,33H,6-7,10-11,14-19H2,1H3. The van der Waals surface area contributed by atoms with E-state index < -0.39 is 0 Å². The van der Waals surface area contributed by atoms with Crippen molar-refractivity contribution in [3.8, 4) is 6.07 Å². The molecule has 4 heterocycles. The van der Waals surface area contributed by atoms with Crippen molar-refractivity contribution in [3.63, 3.8) is 0 Å². The average molecular weight is 496 g/mol. The largest absolute Gasteiger partial charge is 0.370 e. The van der Waals surface area contributed by atoms with Crippen molar-refractivity contribution in [1.29, 1.82) is 5.26 Å². The van der Waals surface area contributed by atoms with Gasteiger partial charge in [-0.2, -0.15) is 5.26 Å². The molecule has 1 aromatic heterocycles. The van der Waals surface area contributed by atoms with Crippen LogP contribution >= 0.6 is 0 Å². The summed E-state index contributed by atoms with van der Waals surface area (Å²) in [7, 11) is 0. The summed E-state index contributed by atoms with van der Waals surface area (Å²) in [5.74, 6) is 0. The highest BCUT2D eigenvalue weighted by Crippen LogP contribution is 2.39. The van der Waals surface area contributed by atoms with Gasteiger partial charge in [0, 0.05) is 76.0 Å². The molecule has 0 amide bonds. The number of nitrogens with zero attached hydrogens (tertiary/aromatic N) is 6. The highest BCUT2D eigenvalue weighted by atomic mass is 16.5. The Hall–Kier alpha value is -3.25. The molecule has 1 saturated carbocycles. The monoisotopic (exact) mass is 495 g/mol. The van der Waals surface area contributed by atoms with E-state index in [1.54, 1.807) is 12.4 Å². The second kappa shape index (κ2) is 8.95. The first-order chi connectivity index (χ1) is 18.1. The van der Waals surface area contributed by atoms with Gasteiger partial charge in [-0.25, -0.2) is 0 Å².